The van der Waals surface area contributed by atoms with Crippen LogP contribution in [-0.4, -0.2) is 42.1 Å². The van der Waals surface area contributed by atoms with Gasteiger partial charge in [0.05, 0.1) is 0 Å². The van der Waals surface area contributed by atoms with Crippen LogP contribution in [0, 0.1) is 0 Å². The van der Waals surface area contributed by atoms with Gasteiger partial charge < -0.3 is 10.1 Å². The Labute approximate surface area is 197 Å². The average Bonchev–Trinajstić information content (AvgIpc) is 3.21. The molecule has 1 aromatic carbocycles. The Balaban J connectivity index is 1.23. The summed E-state index contributed by atoms with van der Waals surface area (Å²) in [4.78, 5) is 27.5. The molecular weight excluding hydrogens is 430 g/mol. The first-order valence-electron chi connectivity index (χ1n) is 11.1. The van der Waals surface area contributed by atoms with Crippen molar-refractivity contribution in [2.45, 2.75) is 26.1 Å². The van der Waals surface area contributed by atoms with Crippen molar-refractivity contribution < 1.29 is 9.53 Å². The van der Waals surface area contributed by atoms with E-state index in [0.717, 1.165) is 41.9 Å². The molecule has 0 spiro atoms. The second-order valence-corrected chi connectivity index (χ2v) is 8.18. The Morgan fingerprint density at radius 2 is 1.88 bits per heavy atom. The van der Waals surface area contributed by atoms with E-state index in [9.17, 15) is 4.79 Å². The van der Waals surface area contributed by atoms with Gasteiger partial charge in [0.25, 0.3) is 5.91 Å². The van der Waals surface area contributed by atoms with Crippen LogP contribution in [0.3, 0.4) is 0 Å². The smallest absolute Gasteiger partial charge is 0.321 e. The lowest BCUT2D eigenvalue weighted by molar-refractivity contribution is 0.0942. The fourth-order valence-corrected chi connectivity index (χ4v) is 4.10. The molecule has 1 aliphatic heterocycles. The molecule has 34 heavy (non-hydrogen) atoms. The van der Waals surface area contributed by atoms with Gasteiger partial charge in [0.1, 0.15) is 5.75 Å². The van der Waals surface area contributed by atoms with Gasteiger partial charge in [0.2, 0.25) is 0 Å². The molecule has 0 aliphatic carbocycles. The van der Waals surface area contributed by atoms with Crippen LogP contribution in [-0.2, 0) is 33.1 Å². The molecule has 3 aromatic heterocycles. The molecule has 9 nitrogen and oxygen atoms in total. The van der Waals surface area contributed by atoms with E-state index in [-0.39, 0.29) is 5.91 Å². The van der Waals surface area contributed by atoms with Crippen LogP contribution in [0.25, 0.3) is 0 Å². The number of hydrogen-bond donors (Lipinski definition) is 1. The molecule has 0 unspecified atom stereocenters. The maximum absolute atomic E-state index is 12.9. The molecule has 0 bridgehead atoms. The predicted octanol–water partition coefficient (Wildman–Crippen LogP) is 2.89. The highest BCUT2D eigenvalue weighted by Gasteiger charge is 2.27. The largest absolute Gasteiger partial charge is 0.424 e. The van der Waals surface area contributed by atoms with Gasteiger partial charge in [-0.1, -0.05) is 18.2 Å². The fraction of sp³-hybridized carbons (Fsp3) is 0.240. The summed E-state index contributed by atoms with van der Waals surface area (Å²) in [6.45, 7) is 2.77. The molecule has 0 atom stereocenters. The molecule has 4 heterocycles. The molecule has 0 fully saturated rings. The van der Waals surface area contributed by atoms with E-state index in [1.54, 1.807) is 30.9 Å². The molecule has 1 aliphatic rings. The topological polar surface area (TPSA) is 98.1 Å². The first-order chi connectivity index (χ1) is 16.7. The normalized spacial score (nSPS) is 13.3. The fourth-order valence-electron chi connectivity index (χ4n) is 4.10. The third-order valence-electron chi connectivity index (χ3n) is 5.79. The van der Waals surface area contributed by atoms with Crippen molar-refractivity contribution in [2.75, 3.05) is 6.54 Å². The lowest BCUT2D eigenvalue weighted by atomic mass is 10.0. The number of benzene rings is 1. The molecule has 1 amide bonds. The van der Waals surface area contributed by atoms with Crippen molar-refractivity contribution in [3.63, 3.8) is 0 Å². The summed E-state index contributed by atoms with van der Waals surface area (Å²) in [6, 6.07) is 13.8. The number of amides is 1. The number of aromatic nitrogens is 5. The minimum Gasteiger partial charge on any atom is -0.424 e. The number of rotatable bonds is 7. The highest BCUT2D eigenvalue weighted by atomic mass is 16.5. The van der Waals surface area contributed by atoms with Crippen molar-refractivity contribution >= 4 is 5.91 Å². The third kappa shape index (κ3) is 4.94. The SMILES string of the molecule is Cn1nc(C(=O)NCc2cccnc2)c2c1CCN(Cc1ccc(Oc3ncccn3)cc1)C2. The van der Waals surface area contributed by atoms with E-state index in [1.165, 1.54) is 0 Å². The Hall–Kier alpha value is -4.11. The van der Waals surface area contributed by atoms with Crippen LogP contribution in [0.4, 0.5) is 0 Å². The Morgan fingerprint density at radius 3 is 2.65 bits per heavy atom. The monoisotopic (exact) mass is 455 g/mol. The van der Waals surface area contributed by atoms with Crippen molar-refractivity contribution in [3.8, 4) is 11.8 Å². The van der Waals surface area contributed by atoms with Gasteiger partial charge >= 0.3 is 6.01 Å². The van der Waals surface area contributed by atoms with Crippen LogP contribution >= 0.6 is 0 Å². The quantitative estimate of drug-likeness (QED) is 0.458. The molecule has 1 N–H and O–H groups in total. The number of hydrogen-bond acceptors (Lipinski definition) is 7. The summed E-state index contributed by atoms with van der Waals surface area (Å²) in [6.07, 6.45) is 7.61. The van der Waals surface area contributed by atoms with Crippen LogP contribution in [0.1, 0.15) is 32.9 Å². The summed E-state index contributed by atoms with van der Waals surface area (Å²) in [7, 11) is 1.90. The molecule has 5 rings (SSSR count). The van der Waals surface area contributed by atoms with Crippen LogP contribution in [0.15, 0.2) is 67.3 Å². The Kier molecular flexibility index (Phi) is 6.26. The van der Waals surface area contributed by atoms with E-state index >= 15 is 0 Å². The standard InChI is InChI=1S/C25H25N7O2/c1-31-22-9-13-32(16-18-5-7-20(8-6-18)34-25-27-11-3-12-28-25)17-21(22)23(30-31)24(33)29-15-19-4-2-10-26-14-19/h2-8,10-12,14H,9,13,15-17H2,1H3,(H,29,33). The zero-order valence-electron chi connectivity index (χ0n) is 18.9. The van der Waals surface area contributed by atoms with Crippen molar-refractivity contribution in [1.82, 2.24) is 34.9 Å². The van der Waals surface area contributed by atoms with E-state index in [1.807, 2.05) is 48.1 Å². The second-order valence-electron chi connectivity index (χ2n) is 8.18. The minimum absolute atomic E-state index is 0.160. The number of nitrogens with zero attached hydrogens (tertiary/aromatic N) is 6. The number of fused-ring (bicyclic) bond motifs is 1. The van der Waals surface area contributed by atoms with Gasteiger partial charge in [-0.3, -0.25) is 19.4 Å². The van der Waals surface area contributed by atoms with Crippen molar-refractivity contribution in [3.05, 3.63) is 95.3 Å². The molecule has 172 valence electrons. The minimum atomic E-state index is -0.160. The second kappa shape index (κ2) is 9.80. The van der Waals surface area contributed by atoms with E-state index in [0.29, 0.717) is 30.5 Å². The maximum Gasteiger partial charge on any atom is 0.321 e. The van der Waals surface area contributed by atoms with E-state index < -0.39 is 0 Å². The number of nitrogens with one attached hydrogen (secondary N) is 1. The van der Waals surface area contributed by atoms with Crippen LogP contribution < -0.4 is 10.1 Å². The van der Waals surface area contributed by atoms with Crippen molar-refractivity contribution in [1.29, 1.82) is 0 Å². The molecule has 0 saturated heterocycles. The number of ether oxygens (including phenoxy) is 1. The number of carbonyl (C=O) groups is 1. The lowest BCUT2D eigenvalue weighted by Gasteiger charge is -2.27. The van der Waals surface area contributed by atoms with Gasteiger partial charge in [0, 0.05) is 75.7 Å². The number of pyridine rings is 1. The maximum atomic E-state index is 12.9. The molecular formula is C25H25N7O2. The molecule has 4 aromatic rings. The number of carbonyl (C=O) groups excluding carboxylic acids is 1. The summed E-state index contributed by atoms with van der Waals surface area (Å²) in [5.41, 5.74) is 4.73. The zero-order valence-corrected chi connectivity index (χ0v) is 18.9. The van der Waals surface area contributed by atoms with Gasteiger partial charge in [0.15, 0.2) is 5.69 Å². The zero-order chi connectivity index (χ0) is 23.3. The van der Waals surface area contributed by atoms with Gasteiger partial charge in [-0.05, 0) is 35.4 Å². The first-order valence-corrected chi connectivity index (χ1v) is 11.1. The molecule has 0 radical (unpaired) electrons. The summed E-state index contributed by atoms with van der Waals surface area (Å²) in [5, 5.41) is 7.50. The van der Waals surface area contributed by atoms with Gasteiger partial charge in [-0.15, -0.1) is 0 Å². The highest BCUT2D eigenvalue weighted by Crippen LogP contribution is 2.25. The summed E-state index contributed by atoms with van der Waals surface area (Å²) >= 11 is 0. The molecule has 0 saturated carbocycles. The van der Waals surface area contributed by atoms with Crippen molar-refractivity contribution in [2.24, 2.45) is 7.05 Å². The predicted molar refractivity (Wildman–Crippen MR) is 125 cm³/mol. The van der Waals surface area contributed by atoms with Crippen LogP contribution in [0.2, 0.25) is 0 Å². The number of aryl methyl sites for hydroxylation is 1. The highest BCUT2D eigenvalue weighted by molar-refractivity contribution is 5.94. The Bertz CT molecular complexity index is 1260. The van der Waals surface area contributed by atoms with Crippen LogP contribution in [0.5, 0.6) is 11.8 Å². The van der Waals surface area contributed by atoms with E-state index in [2.05, 4.69) is 30.3 Å². The third-order valence-corrected chi connectivity index (χ3v) is 5.79. The van der Waals surface area contributed by atoms with E-state index in [4.69, 9.17) is 4.74 Å². The van der Waals surface area contributed by atoms with Gasteiger partial charge in [-0.2, -0.15) is 5.10 Å². The Morgan fingerprint density at radius 1 is 1.06 bits per heavy atom. The summed E-state index contributed by atoms with van der Waals surface area (Å²) < 4.78 is 7.51. The van der Waals surface area contributed by atoms with Gasteiger partial charge in [-0.25, -0.2) is 9.97 Å². The summed E-state index contributed by atoms with van der Waals surface area (Å²) in [5.74, 6) is 0.530. The molecule has 9 heteroatoms. The first kappa shape index (κ1) is 21.7. The average molecular weight is 456 g/mol. The lowest BCUT2D eigenvalue weighted by Crippen LogP contribution is -2.32.